The third-order valence-electron chi connectivity index (χ3n) is 2.89. The number of hydrogen-bond donors (Lipinski definition) is 1. The van der Waals surface area contributed by atoms with Crippen LogP contribution in [0.5, 0.6) is 0 Å². The van der Waals surface area contributed by atoms with Crippen LogP contribution in [0.1, 0.15) is 51.8 Å². The Balaban J connectivity index is 2.70. The molecule has 0 saturated heterocycles. The minimum atomic E-state index is 0.344. The van der Waals surface area contributed by atoms with Crippen LogP contribution in [0, 0.1) is 5.92 Å². The van der Waals surface area contributed by atoms with Crippen LogP contribution >= 0.6 is 31.9 Å². The maximum absolute atomic E-state index is 4.54. The van der Waals surface area contributed by atoms with Gasteiger partial charge in [0, 0.05) is 15.1 Å². The van der Waals surface area contributed by atoms with Gasteiger partial charge in [0.05, 0.1) is 11.7 Å². The molecule has 0 spiro atoms. The molecule has 0 aromatic carbocycles. The maximum Gasteiger partial charge on any atom is 0.0715 e. The fourth-order valence-corrected chi connectivity index (χ4v) is 3.26. The average molecular weight is 378 g/mol. The summed E-state index contributed by atoms with van der Waals surface area (Å²) in [6.45, 7) is 7.66. The summed E-state index contributed by atoms with van der Waals surface area (Å²) in [6, 6.07) is 2.41. The molecule has 1 rings (SSSR count). The van der Waals surface area contributed by atoms with Gasteiger partial charge in [0.2, 0.25) is 0 Å². The lowest BCUT2D eigenvalue weighted by Gasteiger charge is -2.19. The number of hydrogen-bond acceptors (Lipinski definition) is 2. The van der Waals surface area contributed by atoms with Crippen molar-refractivity contribution in [3.63, 3.8) is 0 Å². The summed E-state index contributed by atoms with van der Waals surface area (Å²) in [5.41, 5.74) is 1.11. The van der Waals surface area contributed by atoms with E-state index < -0.39 is 0 Å². The largest absolute Gasteiger partial charge is 0.309 e. The molecule has 0 aliphatic heterocycles. The Morgan fingerprint density at radius 2 is 2.00 bits per heavy atom. The highest BCUT2D eigenvalue weighted by molar-refractivity contribution is 9.11. The number of nitrogens with one attached hydrogen (secondary N) is 1. The van der Waals surface area contributed by atoms with E-state index in [1.54, 1.807) is 0 Å². The molecule has 1 heterocycles. The topological polar surface area (TPSA) is 24.9 Å². The molecule has 0 bridgehead atoms. The van der Waals surface area contributed by atoms with Crippen molar-refractivity contribution >= 4 is 31.9 Å². The van der Waals surface area contributed by atoms with E-state index in [1.807, 2.05) is 6.20 Å². The van der Waals surface area contributed by atoms with Gasteiger partial charge in [0.15, 0.2) is 0 Å². The van der Waals surface area contributed by atoms with Crippen molar-refractivity contribution in [1.29, 1.82) is 0 Å². The molecular weight excluding hydrogens is 356 g/mol. The van der Waals surface area contributed by atoms with E-state index in [9.17, 15) is 0 Å². The zero-order valence-electron chi connectivity index (χ0n) is 11.3. The summed E-state index contributed by atoms with van der Waals surface area (Å²) >= 11 is 7.05. The predicted octanol–water partition coefficient (Wildman–Crippen LogP) is 5.08. The van der Waals surface area contributed by atoms with Crippen LogP contribution in [0.25, 0.3) is 0 Å². The Hall–Kier alpha value is 0.0700. The molecule has 102 valence electrons. The van der Waals surface area contributed by atoms with E-state index in [2.05, 4.69) is 69.0 Å². The summed E-state index contributed by atoms with van der Waals surface area (Å²) in [7, 11) is 0. The van der Waals surface area contributed by atoms with E-state index in [1.165, 1.54) is 12.8 Å². The molecule has 0 aliphatic carbocycles. The third kappa shape index (κ3) is 5.37. The van der Waals surface area contributed by atoms with E-state index in [0.717, 1.165) is 33.5 Å². The average Bonchev–Trinajstić information content (AvgIpc) is 2.28. The molecule has 0 fully saturated rings. The van der Waals surface area contributed by atoms with Crippen molar-refractivity contribution in [2.24, 2.45) is 5.92 Å². The highest BCUT2D eigenvalue weighted by Crippen LogP contribution is 2.27. The van der Waals surface area contributed by atoms with Crippen molar-refractivity contribution < 1.29 is 0 Å². The Bertz CT molecular complexity index is 367. The van der Waals surface area contributed by atoms with E-state index in [4.69, 9.17) is 0 Å². The van der Waals surface area contributed by atoms with Crippen molar-refractivity contribution in [2.75, 3.05) is 6.54 Å². The lowest BCUT2D eigenvalue weighted by Crippen LogP contribution is -2.22. The first-order valence-electron chi connectivity index (χ1n) is 6.59. The van der Waals surface area contributed by atoms with Gasteiger partial charge in [-0.2, -0.15) is 0 Å². The standard InChI is InChI=1S/C14H22Br2N2/c1-4-17-13(7-5-6-10(2)3)14-12(16)8-11(15)9-18-14/h8-10,13,17H,4-7H2,1-3H3. The zero-order chi connectivity index (χ0) is 13.5. The van der Waals surface area contributed by atoms with Crippen LogP contribution in [0.15, 0.2) is 21.2 Å². The van der Waals surface area contributed by atoms with Gasteiger partial charge in [-0.15, -0.1) is 0 Å². The molecule has 1 N–H and O–H groups in total. The maximum atomic E-state index is 4.54. The number of pyridine rings is 1. The molecule has 1 aromatic rings. The molecular formula is C14H22Br2N2. The summed E-state index contributed by atoms with van der Waals surface area (Å²) in [4.78, 5) is 4.54. The fourth-order valence-electron chi connectivity index (χ4n) is 1.99. The van der Waals surface area contributed by atoms with Crippen molar-refractivity contribution in [3.8, 4) is 0 Å². The molecule has 1 aromatic heterocycles. The van der Waals surface area contributed by atoms with Gasteiger partial charge in [-0.3, -0.25) is 4.98 Å². The van der Waals surface area contributed by atoms with Crippen LogP contribution in [-0.2, 0) is 0 Å². The smallest absolute Gasteiger partial charge is 0.0715 e. The Morgan fingerprint density at radius 1 is 1.28 bits per heavy atom. The fraction of sp³-hybridized carbons (Fsp3) is 0.643. The van der Waals surface area contributed by atoms with E-state index >= 15 is 0 Å². The number of aromatic nitrogens is 1. The van der Waals surface area contributed by atoms with Gasteiger partial charge in [-0.1, -0.05) is 33.6 Å². The first kappa shape index (κ1) is 16.1. The molecule has 1 unspecified atom stereocenters. The van der Waals surface area contributed by atoms with Crippen LogP contribution in [0.4, 0.5) is 0 Å². The van der Waals surface area contributed by atoms with Gasteiger partial charge in [-0.05, 0) is 56.8 Å². The van der Waals surface area contributed by atoms with Gasteiger partial charge >= 0.3 is 0 Å². The summed E-state index contributed by atoms with van der Waals surface area (Å²) in [5.74, 6) is 0.772. The zero-order valence-corrected chi connectivity index (χ0v) is 14.5. The minimum absolute atomic E-state index is 0.344. The second-order valence-corrected chi connectivity index (χ2v) is 6.73. The van der Waals surface area contributed by atoms with Gasteiger partial charge < -0.3 is 5.32 Å². The second-order valence-electron chi connectivity index (χ2n) is 4.96. The van der Waals surface area contributed by atoms with Crippen LogP contribution in [-0.4, -0.2) is 11.5 Å². The highest BCUT2D eigenvalue weighted by atomic mass is 79.9. The number of halogens is 2. The Kier molecular flexibility index (Phi) is 7.42. The molecule has 0 amide bonds. The van der Waals surface area contributed by atoms with E-state index in [-0.39, 0.29) is 0 Å². The molecule has 0 saturated carbocycles. The molecule has 1 atom stereocenters. The van der Waals surface area contributed by atoms with E-state index in [0.29, 0.717) is 6.04 Å². The molecule has 0 aliphatic rings. The summed E-state index contributed by atoms with van der Waals surface area (Å²) in [5, 5.41) is 3.53. The summed E-state index contributed by atoms with van der Waals surface area (Å²) < 4.78 is 2.09. The lowest BCUT2D eigenvalue weighted by molar-refractivity contribution is 0.447. The van der Waals surface area contributed by atoms with Crippen molar-refractivity contribution in [1.82, 2.24) is 10.3 Å². The number of nitrogens with zero attached hydrogens (tertiary/aromatic N) is 1. The Morgan fingerprint density at radius 3 is 2.56 bits per heavy atom. The third-order valence-corrected chi connectivity index (χ3v) is 3.96. The Labute approximate surface area is 127 Å². The highest BCUT2D eigenvalue weighted by Gasteiger charge is 2.15. The second kappa shape index (κ2) is 8.28. The first-order chi connectivity index (χ1) is 8.54. The predicted molar refractivity (Wildman–Crippen MR) is 84.7 cm³/mol. The van der Waals surface area contributed by atoms with Crippen LogP contribution in [0.2, 0.25) is 0 Å². The molecule has 18 heavy (non-hydrogen) atoms. The van der Waals surface area contributed by atoms with Gasteiger partial charge in [-0.25, -0.2) is 0 Å². The van der Waals surface area contributed by atoms with Gasteiger partial charge in [0.25, 0.3) is 0 Å². The molecule has 2 nitrogen and oxygen atoms in total. The quantitative estimate of drug-likeness (QED) is 0.716. The molecule has 0 radical (unpaired) electrons. The first-order valence-corrected chi connectivity index (χ1v) is 8.17. The minimum Gasteiger partial charge on any atom is -0.309 e. The van der Waals surface area contributed by atoms with Crippen LogP contribution < -0.4 is 5.32 Å². The SMILES string of the molecule is CCNC(CCCC(C)C)c1ncc(Br)cc1Br. The molecule has 4 heteroatoms. The lowest BCUT2D eigenvalue weighted by atomic mass is 10.0. The normalized spacial score (nSPS) is 13.0. The van der Waals surface area contributed by atoms with Crippen LogP contribution in [0.3, 0.4) is 0 Å². The van der Waals surface area contributed by atoms with Gasteiger partial charge in [0.1, 0.15) is 0 Å². The van der Waals surface area contributed by atoms with Crippen molar-refractivity contribution in [3.05, 3.63) is 26.9 Å². The number of rotatable bonds is 7. The monoisotopic (exact) mass is 376 g/mol. The summed E-state index contributed by atoms with van der Waals surface area (Å²) in [6.07, 6.45) is 5.52. The van der Waals surface area contributed by atoms with Crippen molar-refractivity contribution in [2.45, 2.75) is 46.1 Å².